The third kappa shape index (κ3) is 5.64. The summed E-state index contributed by atoms with van der Waals surface area (Å²) in [6, 6.07) is 18.4. The summed E-state index contributed by atoms with van der Waals surface area (Å²) < 4.78 is 18.5. The van der Waals surface area contributed by atoms with Crippen molar-refractivity contribution in [2.45, 2.75) is 25.9 Å². The Morgan fingerprint density at radius 3 is 2.33 bits per heavy atom. The molecule has 30 heavy (non-hydrogen) atoms. The first-order valence-electron chi connectivity index (χ1n) is 9.45. The minimum atomic E-state index is -0.840. The maximum Gasteiger partial charge on any atom is 0.279 e. The molecule has 0 aromatic heterocycles. The molecule has 0 radical (unpaired) electrons. The number of carbonyl (C=O) groups is 3. The molecule has 0 saturated carbocycles. The zero-order valence-electron chi connectivity index (χ0n) is 16.4. The van der Waals surface area contributed by atoms with E-state index in [-0.39, 0.29) is 18.6 Å². The van der Waals surface area contributed by atoms with E-state index in [1.165, 1.54) is 24.3 Å². The first-order chi connectivity index (χ1) is 14.4. The van der Waals surface area contributed by atoms with Crippen molar-refractivity contribution >= 4 is 28.4 Å². The number of fused-ring (bicyclic) bond motifs is 1. The number of rotatable bonds is 7. The van der Waals surface area contributed by atoms with Gasteiger partial charge in [-0.05, 0) is 54.1 Å². The molecule has 0 fully saturated rings. The van der Waals surface area contributed by atoms with E-state index in [1.54, 1.807) is 13.0 Å². The molecule has 0 spiro atoms. The lowest BCUT2D eigenvalue weighted by atomic mass is 10.1. The van der Waals surface area contributed by atoms with Gasteiger partial charge in [0.15, 0.2) is 11.9 Å². The van der Waals surface area contributed by atoms with Crippen LogP contribution in [0.15, 0.2) is 66.7 Å². The van der Waals surface area contributed by atoms with Crippen molar-refractivity contribution in [1.82, 2.24) is 10.9 Å². The number of carbonyl (C=O) groups excluding carboxylic acids is 3. The molecule has 2 N–H and O–H groups in total. The summed E-state index contributed by atoms with van der Waals surface area (Å²) in [5, 5.41) is 2.05. The van der Waals surface area contributed by atoms with Crippen LogP contribution in [-0.4, -0.2) is 23.7 Å². The lowest BCUT2D eigenvalue weighted by Crippen LogP contribution is -2.47. The van der Waals surface area contributed by atoms with Crippen LogP contribution >= 0.6 is 0 Å². The van der Waals surface area contributed by atoms with Gasteiger partial charge in [0, 0.05) is 18.4 Å². The number of hydrazine groups is 1. The molecule has 0 aliphatic rings. The molecule has 0 unspecified atom stereocenters. The molecule has 2 amide bonds. The molecule has 0 saturated heterocycles. The monoisotopic (exact) mass is 408 g/mol. The van der Waals surface area contributed by atoms with Crippen molar-refractivity contribution < 1.29 is 23.5 Å². The second kappa shape index (κ2) is 9.65. The van der Waals surface area contributed by atoms with Gasteiger partial charge in [-0.2, -0.15) is 0 Å². The Balaban J connectivity index is 1.43. The molecule has 0 aliphatic heterocycles. The van der Waals surface area contributed by atoms with Gasteiger partial charge in [-0.3, -0.25) is 25.2 Å². The van der Waals surface area contributed by atoms with Crippen LogP contribution in [-0.2, 0) is 9.59 Å². The quantitative estimate of drug-likeness (QED) is 0.463. The third-order valence-corrected chi connectivity index (χ3v) is 4.47. The van der Waals surface area contributed by atoms with Crippen molar-refractivity contribution in [1.29, 1.82) is 0 Å². The van der Waals surface area contributed by atoms with Crippen molar-refractivity contribution in [3.63, 3.8) is 0 Å². The highest BCUT2D eigenvalue weighted by Crippen LogP contribution is 2.21. The van der Waals surface area contributed by atoms with Gasteiger partial charge in [0.1, 0.15) is 11.6 Å². The van der Waals surface area contributed by atoms with Gasteiger partial charge in [0.05, 0.1) is 0 Å². The summed E-state index contributed by atoms with van der Waals surface area (Å²) in [7, 11) is 0. The summed E-state index contributed by atoms with van der Waals surface area (Å²) in [4.78, 5) is 36.0. The fraction of sp³-hybridized carbons (Fsp3) is 0.174. The van der Waals surface area contributed by atoms with E-state index in [9.17, 15) is 18.8 Å². The minimum absolute atomic E-state index is 0.0590. The SMILES string of the molecule is C[C@@H](Oc1ccc2ccccc2c1)C(=O)NNC(=O)CCC(=O)c1ccc(F)cc1. The predicted molar refractivity (Wildman–Crippen MR) is 110 cm³/mol. The number of benzene rings is 3. The molecule has 154 valence electrons. The normalized spacial score (nSPS) is 11.5. The van der Waals surface area contributed by atoms with Gasteiger partial charge in [0.25, 0.3) is 5.91 Å². The highest BCUT2D eigenvalue weighted by molar-refractivity contribution is 5.98. The van der Waals surface area contributed by atoms with Crippen LogP contribution in [0.25, 0.3) is 10.8 Å². The third-order valence-electron chi connectivity index (χ3n) is 4.47. The van der Waals surface area contributed by atoms with E-state index in [0.717, 1.165) is 10.8 Å². The van der Waals surface area contributed by atoms with Crippen LogP contribution in [0, 0.1) is 5.82 Å². The Morgan fingerprint density at radius 2 is 1.60 bits per heavy atom. The first-order valence-corrected chi connectivity index (χ1v) is 9.45. The van der Waals surface area contributed by atoms with Gasteiger partial charge in [0.2, 0.25) is 5.91 Å². The van der Waals surface area contributed by atoms with Gasteiger partial charge in [-0.1, -0.05) is 30.3 Å². The number of halogens is 1. The molecule has 0 bridgehead atoms. The Kier molecular flexibility index (Phi) is 6.75. The van der Waals surface area contributed by atoms with Crippen LogP contribution in [0.4, 0.5) is 4.39 Å². The van der Waals surface area contributed by atoms with Crippen LogP contribution < -0.4 is 15.6 Å². The van der Waals surface area contributed by atoms with Crippen molar-refractivity contribution in [3.05, 3.63) is 78.1 Å². The number of ether oxygens (including phenoxy) is 1. The molecule has 0 heterocycles. The molecule has 0 aliphatic carbocycles. The Labute approximate surface area is 173 Å². The summed E-state index contributed by atoms with van der Waals surface area (Å²) in [5.41, 5.74) is 4.87. The van der Waals surface area contributed by atoms with E-state index in [2.05, 4.69) is 10.9 Å². The number of amides is 2. The number of nitrogens with one attached hydrogen (secondary N) is 2. The lowest BCUT2D eigenvalue weighted by molar-refractivity contribution is -0.132. The average molecular weight is 408 g/mol. The lowest BCUT2D eigenvalue weighted by Gasteiger charge is -2.15. The maximum absolute atomic E-state index is 12.9. The number of ketones is 1. The molecule has 6 nitrogen and oxygen atoms in total. The summed E-state index contributed by atoms with van der Waals surface area (Å²) in [5.74, 6) is -1.23. The van der Waals surface area contributed by atoms with Crippen molar-refractivity contribution in [3.8, 4) is 5.75 Å². The average Bonchev–Trinajstić information content (AvgIpc) is 2.76. The second-order valence-electron chi connectivity index (χ2n) is 6.74. The zero-order chi connectivity index (χ0) is 21.5. The Morgan fingerprint density at radius 1 is 0.900 bits per heavy atom. The Bertz CT molecular complexity index is 1070. The smallest absolute Gasteiger partial charge is 0.279 e. The zero-order valence-corrected chi connectivity index (χ0v) is 16.4. The molecule has 7 heteroatoms. The van der Waals surface area contributed by atoms with Crippen LogP contribution in [0.1, 0.15) is 30.1 Å². The summed E-state index contributed by atoms with van der Waals surface area (Å²) in [6.45, 7) is 1.56. The number of hydrogen-bond donors (Lipinski definition) is 2. The van der Waals surface area contributed by atoms with Gasteiger partial charge in [-0.25, -0.2) is 4.39 Å². The summed E-state index contributed by atoms with van der Waals surface area (Å²) >= 11 is 0. The predicted octanol–water partition coefficient (Wildman–Crippen LogP) is 3.56. The molecule has 3 aromatic rings. The van der Waals surface area contributed by atoms with E-state index in [1.807, 2.05) is 36.4 Å². The van der Waals surface area contributed by atoms with Gasteiger partial charge >= 0.3 is 0 Å². The highest BCUT2D eigenvalue weighted by atomic mass is 19.1. The van der Waals surface area contributed by atoms with E-state index in [4.69, 9.17) is 4.74 Å². The van der Waals surface area contributed by atoms with Crippen molar-refractivity contribution in [2.24, 2.45) is 0 Å². The van der Waals surface area contributed by atoms with Crippen LogP contribution in [0.5, 0.6) is 5.75 Å². The second-order valence-corrected chi connectivity index (χ2v) is 6.74. The Hall–Kier alpha value is -3.74. The van der Waals surface area contributed by atoms with E-state index >= 15 is 0 Å². The van der Waals surface area contributed by atoms with Crippen molar-refractivity contribution in [2.75, 3.05) is 0 Å². The topological polar surface area (TPSA) is 84.5 Å². The summed E-state index contributed by atoms with van der Waals surface area (Å²) in [6.07, 6.45) is -1.01. The first kappa shape index (κ1) is 21.0. The van der Waals surface area contributed by atoms with Gasteiger partial charge < -0.3 is 4.74 Å². The van der Waals surface area contributed by atoms with E-state index < -0.39 is 23.7 Å². The minimum Gasteiger partial charge on any atom is -0.481 e. The standard InChI is InChI=1S/C23H21FN2O4/c1-15(30-20-11-8-16-4-2-3-5-18(16)14-20)23(29)26-25-22(28)13-12-21(27)17-6-9-19(24)10-7-17/h2-11,14-15H,12-13H2,1H3,(H,25,28)(H,26,29)/t15-/m1/s1. The fourth-order valence-electron chi connectivity index (χ4n) is 2.80. The highest BCUT2D eigenvalue weighted by Gasteiger charge is 2.16. The van der Waals surface area contributed by atoms with Gasteiger partial charge in [-0.15, -0.1) is 0 Å². The van der Waals surface area contributed by atoms with Crippen LogP contribution in [0.2, 0.25) is 0 Å². The molecule has 3 rings (SSSR count). The number of Topliss-reactive ketones (excluding diaryl/α,β-unsaturated/α-hetero) is 1. The maximum atomic E-state index is 12.9. The van der Waals surface area contributed by atoms with E-state index in [0.29, 0.717) is 11.3 Å². The fourth-order valence-corrected chi connectivity index (χ4v) is 2.80. The number of hydrogen-bond acceptors (Lipinski definition) is 4. The molecule has 3 aromatic carbocycles. The van der Waals surface area contributed by atoms with Crippen LogP contribution in [0.3, 0.4) is 0 Å². The molecule has 1 atom stereocenters. The largest absolute Gasteiger partial charge is 0.481 e. The molecular weight excluding hydrogens is 387 g/mol. The molecular formula is C23H21FN2O4.